The van der Waals surface area contributed by atoms with Crippen molar-refractivity contribution in [1.29, 1.82) is 0 Å². The van der Waals surface area contributed by atoms with Crippen molar-refractivity contribution in [2.75, 3.05) is 20.7 Å². The summed E-state index contributed by atoms with van der Waals surface area (Å²) in [7, 11) is 2.99. The number of nitrogens with zero attached hydrogens (tertiary/aromatic N) is 3. The van der Waals surface area contributed by atoms with E-state index in [1.165, 1.54) is 43.3 Å². The van der Waals surface area contributed by atoms with Crippen LogP contribution >= 0.6 is 0 Å². The smallest absolute Gasteiger partial charge is 0.322 e. The van der Waals surface area contributed by atoms with Crippen molar-refractivity contribution < 1.29 is 24.0 Å². The molecule has 164 valence electrons. The fourth-order valence-electron chi connectivity index (χ4n) is 3.68. The van der Waals surface area contributed by atoms with E-state index in [4.69, 9.17) is 4.74 Å². The number of hydrogen-bond acceptors (Lipinski definition) is 6. The molecule has 0 radical (unpaired) electrons. The molecule has 0 aromatic heterocycles. The van der Waals surface area contributed by atoms with E-state index >= 15 is 0 Å². The maximum atomic E-state index is 13.2. The Labute approximate surface area is 182 Å². The fourth-order valence-corrected chi connectivity index (χ4v) is 3.68. The van der Waals surface area contributed by atoms with Gasteiger partial charge in [-0.25, -0.2) is 9.80 Å². The van der Waals surface area contributed by atoms with Crippen LogP contribution in [0.4, 0.5) is 10.5 Å². The maximum absolute atomic E-state index is 13.2. The molecule has 0 bridgehead atoms. The molecule has 0 fully saturated rings. The molecule has 11 heteroatoms. The van der Waals surface area contributed by atoms with Crippen LogP contribution in [0, 0.1) is 10.1 Å². The number of ether oxygens (including phenoxy) is 1. The van der Waals surface area contributed by atoms with Crippen molar-refractivity contribution >= 4 is 23.5 Å². The van der Waals surface area contributed by atoms with Gasteiger partial charge in [-0.05, 0) is 23.8 Å². The summed E-state index contributed by atoms with van der Waals surface area (Å²) in [5.41, 5.74) is 3.72. The van der Waals surface area contributed by atoms with Crippen molar-refractivity contribution in [3.8, 4) is 5.75 Å². The molecule has 4 amide bonds. The van der Waals surface area contributed by atoms with Crippen LogP contribution in [0.2, 0.25) is 0 Å². The number of carbonyl (C=O) groups is 3. The number of methoxy groups -OCH3 is 1. The largest absolute Gasteiger partial charge is 0.497 e. The van der Waals surface area contributed by atoms with E-state index in [-0.39, 0.29) is 17.8 Å². The van der Waals surface area contributed by atoms with E-state index in [0.717, 1.165) is 5.01 Å². The predicted molar refractivity (Wildman–Crippen MR) is 111 cm³/mol. The number of non-ortho nitro benzene ring substituents is 1. The van der Waals surface area contributed by atoms with Gasteiger partial charge in [0.2, 0.25) is 0 Å². The molecule has 2 aromatic carbocycles. The minimum absolute atomic E-state index is 0.0285. The highest BCUT2D eigenvalue weighted by molar-refractivity contribution is 6.03. The van der Waals surface area contributed by atoms with Crippen LogP contribution in [-0.4, -0.2) is 53.4 Å². The summed E-state index contributed by atoms with van der Waals surface area (Å²) in [4.78, 5) is 50.3. The third kappa shape index (κ3) is 3.60. The van der Waals surface area contributed by atoms with Crippen LogP contribution in [0.5, 0.6) is 5.75 Å². The fraction of sp³-hybridized carbons (Fsp3) is 0.190. The number of likely N-dealkylation sites (N-methyl/N-ethyl adjacent to an activating group) is 1. The number of hydrogen-bond donors (Lipinski definition) is 2. The summed E-state index contributed by atoms with van der Waals surface area (Å²) in [5, 5.41) is 15.0. The molecular formula is C21H19N5O6. The van der Waals surface area contributed by atoms with Gasteiger partial charge in [0.05, 0.1) is 35.9 Å². The second kappa shape index (κ2) is 8.02. The first-order valence-corrected chi connectivity index (χ1v) is 9.58. The zero-order valence-electron chi connectivity index (χ0n) is 17.2. The normalized spacial score (nSPS) is 17.8. The number of urea groups is 1. The summed E-state index contributed by atoms with van der Waals surface area (Å²) in [6.07, 6.45) is 0. The van der Waals surface area contributed by atoms with Gasteiger partial charge in [-0.1, -0.05) is 18.2 Å². The molecule has 4 rings (SSSR count). The zero-order chi connectivity index (χ0) is 23.0. The molecule has 2 heterocycles. The molecule has 0 saturated heterocycles. The van der Waals surface area contributed by atoms with Gasteiger partial charge in [-0.2, -0.15) is 0 Å². The number of rotatable bonds is 5. The Morgan fingerprint density at radius 2 is 1.97 bits per heavy atom. The average molecular weight is 437 g/mol. The highest BCUT2D eigenvalue weighted by Crippen LogP contribution is 2.36. The molecular weight excluding hydrogens is 418 g/mol. The van der Waals surface area contributed by atoms with Crippen LogP contribution < -0.4 is 15.5 Å². The van der Waals surface area contributed by atoms with Gasteiger partial charge < -0.3 is 10.1 Å². The van der Waals surface area contributed by atoms with E-state index in [9.17, 15) is 24.5 Å². The minimum Gasteiger partial charge on any atom is -0.497 e. The molecule has 2 aliphatic heterocycles. The summed E-state index contributed by atoms with van der Waals surface area (Å²) >= 11 is 0. The average Bonchev–Trinajstić information content (AvgIpc) is 3.12. The molecule has 0 unspecified atom stereocenters. The van der Waals surface area contributed by atoms with Gasteiger partial charge in [0.25, 0.3) is 17.5 Å². The van der Waals surface area contributed by atoms with Crippen LogP contribution in [0.1, 0.15) is 22.0 Å². The summed E-state index contributed by atoms with van der Waals surface area (Å²) in [6, 6.07) is 10.8. The van der Waals surface area contributed by atoms with Crippen LogP contribution in [-0.2, 0) is 4.79 Å². The molecule has 11 nitrogen and oxygen atoms in total. The number of carbonyl (C=O) groups excluding carboxylic acids is 3. The number of nitro groups is 1. The third-order valence-corrected chi connectivity index (χ3v) is 5.34. The Hall–Kier alpha value is -4.41. The standard InChI is InChI=1S/C21H19N5O6/c1-24-16-11-25(23-19(27)13-6-4-8-15(10-13)32-2)20(28)17(16)18(22-21(24)29)12-5-3-7-14(9-12)26(30)31/h3-10,18H,11H2,1-2H3,(H,22,29)(H,23,27)/t18-/m1/s1. The molecule has 2 N–H and O–H groups in total. The maximum Gasteiger partial charge on any atom is 0.322 e. The van der Waals surface area contributed by atoms with E-state index in [1.807, 2.05) is 0 Å². The molecule has 0 spiro atoms. The second-order valence-corrected chi connectivity index (χ2v) is 7.22. The highest BCUT2D eigenvalue weighted by Gasteiger charge is 2.43. The second-order valence-electron chi connectivity index (χ2n) is 7.22. The molecule has 1 atom stereocenters. The highest BCUT2D eigenvalue weighted by atomic mass is 16.6. The van der Waals surface area contributed by atoms with Crippen molar-refractivity contribution in [2.24, 2.45) is 0 Å². The van der Waals surface area contributed by atoms with Gasteiger partial charge in [-0.3, -0.25) is 30.0 Å². The van der Waals surface area contributed by atoms with Gasteiger partial charge in [0, 0.05) is 24.7 Å². The monoisotopic (exact) mass is 437 g/mol. The predicted octanol–water partition coefficient (Wildman–Crippen LogP) is 1.74. The first-order chi connectivity index (χ1) is 15.3. The molecule has 32 heavy (non-hydrogen) atoms. The van der Waals surface area contributed by atoms with Crippen LogP contribution in [0.25, 0.3) is 0 Å². The lowest BCUT2D eigenvalue weighted by Gasteiger charge is -2.30. The minimum atomic E-state index is -0.889. The van der Waals surface area contributed by atoms with Crippen molar-refractivity contribution in [2.45, 2.75) is 6.04 Å². The molecule has 0 saturated carbocycles. The Bertz CT molecular complexity index is 1180. The number of nitro benzene ring substituents is 1. The molecule has 2 aliphatic rings. The number of amides is 4. The van der Waals surface area contributed by atoms with Crippen LogP contribution in [0.3, 0.4) is 0 Å². The third-order valence-electron chi connectivity index (χ3n) is 5.34. The lowest BCUT2D eigenvalue weighted by Crippen LogP contribution is -2.45. The Kier molecular flexibility index (Phi) is 5.23. The number of nitrogens with one attached hydrogen (secondary N) is 2. The summed E-state index contributed by atoms with van der Waals surface area (Å²) in [5.74, 6) is -0.548. The number of benzene rings is 2. The van der Waals surface area contributed by atoms with Gasteiger partial charge in [0.1, 0.15) is 5.75 Å². The molecule has 2 aromatic rings. The van der Waals surface area contributed by atoms with E-state index in [1.54, 1.807) is 24.3 Å². The first kappa shape index (κ1) is 20.8. The quantitative estimate of drug-likeness (QED) is 0.541. The van der Waals surface area contributed by atoms with Crippen LogP contribution in [0.15, 0.2) is 59.8 Å². The Morgan fingerprint density at radius 3 is 2.69 bits per heavy atom. The summed E-state index contributed by atoms with van der Waals surface area (Å²) < 4.78 is 5.12. The van der Waals surface area contributed by atoms with E-state index in [2.05, 4.69) is 10.7 Å². The summed E-state index contributed by atoms with van der Waals surface area (Å²) in [6.45, 7) is -0.0285. The topological polar surface area (TPSA) is 134 Å². The van der Waals surface area contributed by atoms with Gasteiger partial charge >= 0.3 is 6.03 Å². The van der Waals surface area contributed by atoms with Gasteiger partial charge in [0.15, 0.2) is 0 Å². The SMILES string of the molecule is COc1cccc(C(=O)NN2CC3=C(C2=O)[C@@H](c2cccc([N+](=O)[O-])c2)NC(=O)N3C)c1. The van der Waals surface area contributed by atoms with Crippen molar-refractivity contribution in [1.82, 2.24) is 20.7 Å². The van der Waals surface area contributed by atoms with Crippen molar-refractivity contribution in [3.63, 3.8) is 0 Å². The van der Waals surface area contributed by atoms with Gasteiger partial charge in [-0.15, -0.1) is 0 Å². The Balaban J connectivity index is 1.63. The lowest BCUT2D eigenvalue weighted by atomic mass is 9.95. The van der Waals surface area contributed by atoms with E-state index in [0.29, 0.717) is 22.6 Å². The zero-order valence-corrected chi connectivity index (χ0v) is 17.2. The van der Waals surface area contributed by atoms with E-state index < -0.39 is 28.8 Å². The first-order valence-electron chi connectivity index (χ1n) is 9.58. The van der Waals surface area contributed by atoms with Crippen molar-refractivity contribution in [3.05, 3.63) is 81.0 Å². The number of hydrazine groups is 1. The Morgan fingerprint density at radius 1 is 1.22 bits per heavy atom. The molecule has 0 aliphatic carbocycles. The lowest BCUT2D eigenvalue weighted by molar-refractivity contribution is -0.384.